The smallest absolute Gasteiger partial charge is 0.225 e. The Morgan fingerprint density at radius 3 is 1.76 bits per heavy atom. The number of carbonyl (C=O) groups excluding carboxylic acids is 3. The van der Waals surface area contributed by atoms with Crippen LogP contribution in [0, 0.1) is 16.7 Å². The van der Waals surface area contributed by atoms with Gasteiger partial charge in [0.25, 0.3) is 0 Å². The Morgan fingerprint density at radius 1 is 0.757 bits per heavy atom. The van der Waals surface area contributed by atoms with Crippen molar-refractivity contribution in [3.8, 4) is 0 Å². The van der Waals surface area contributed by atoms with Gasteiger partial charge >= 0.3 is 0 Å². The third-order valence-electron chi connectivity index (χ3n) is 8.29. The summed E-state index contributed by atoms with van der Waals surface area (Å²) in [5.74, 6) is 0.0676. The van der Waals surface area contributed by atoms with Crippen molar-refractivity contribution in [1.82, 2.24) is 15.1 Å². The standard InChI is InChI=1S/C31H59N3O3/c1-8-11-13-15-17-19-31(7,18-16-14-12-9-2)25-32-29(37)30(5,6)24-26(4)28(36)34-22-20-33(21-23-34)27(35)10-3/h26H,8-25H2,1-7H3,(H,32,37). The third kappa shape index (κ3) is 12.2. The van der Waals surface area contributed by atoms with E-state index in [-0.39, 0.29) is 29.1 Å². The van der Waals surface area contributed by atoms with Gasteiger partial charge in [-0.25, -0.2) is 0 Å². The zero-order chi connectivity index (χ0) is 27.9. The molecule has 1 aliphatic rings. The number of hydrogen-bond acceptors (Lipinski definition) is 3. The van der Waals surface area contributed by atoms with Crippen molar-refractivity contribution in [3.63, 3.8) is 0 Å². The van der Waals surface area contributed by atoms with E-state index in [4.69, 9.17) is 0 Å². The van der Waals surface area contributed by atoms with Crippen molar-refractivity contribution in [2.75, 3.05) is 32.7 Å². The van der Waals surface area contributed by atoms with Crippen LogP contribution < -0.4 is 5.32 Å². The molecule has 1 N–H and O–H groups in total. The Hall–Kier alpha value is -1.59. The first-order chi connectivity index (χ1) is 17.5. The van der Waals surface area contributed by atoms with Crippen LogP contribution in [0.5, 0.6) is 0 Å². The van der Waals surface area contributed by atoms with Crippen LogP contribution in [0.25, 0.3) is 0 Å². The lowest BCUT2D eigenvalue weighted by Gasteiger charge is -2.37. The molecule has 0 aromatic carbocycles. The molecule has 1 heterocycles. The summed E-state index contributed by atoms with van der Waals surface area (Å²) in [5.41, 5.74) is -0.484. The fraction of sp³-hybridized carbons (Fsp3) is 0.903. The SMILES string of the molecule is CCCCCCCC(C)(CCCCCC)CNC(=O)C(C)(C)CC(C)C(=O)N1CCN(C(=O)CC)CC1. The molecule has 1 rings (SSSR count). The number of hydrogen-bond donors (Lipinski definition) is 1. The van der Waals surface area contributed by atoms with E-state index in [2.05, 4.69) is 26.1 Å². The van der Waals surface area contributed by atoms with Crippen LogP contribution in [0.3, 0.4) is 0 Å². The van der Waals surface area contributed by atoms with Gasteiger partial charge < -0.3 is 15.1 Å². The molecule has 2 unspecified atom stereocenters. The molecule has 37 heavy (non-hydrogen) atoms. The van der Waals surface area contributed by atoms with Crippen LogP contribution in [0.1, 0.15) is 132 Å². The van der Waals surface area contributed by atoms with Crippen molar-refractivity contribution in [3.05, 3.63) is 0 Å². The summed E-state index contributed by atoms with van der Waals surface area (Å²) in [6.07, 6.45) is 14.7. The van der Waals surface area contributed by atoms with Crippen molar-refractivity contribution in [2.24, 2.45) is 16.7 Å². The first kappa shape index (κ1) is 33.4. The van der Waals surface area contributed by atoms with Gasteiger partial charge in [-0.2, -0.15) is 0 Å². The largest absolute Gasteiger partial charge is 0.355 e. The van der Waals surface area contributed by atoms with Gasteiger partial charge in [-0.15, -0.1) is 0 Å². The van der Waals surface area contributed by atoms with Crippen molar-refractivity contribution >= 4 is 17.7 Å². The zero-order valence-corrected chi connectivity index (χ0v) is 25.4. The van der Waals surface area contributed by atoms with E-state index in [0.717, 1.165) is 12.8 Å². The molecule has 0 aliphatic carbocycles. The highest BCUT2D eigenvalue weighted by Gasteiger charge is 2.35. The summed E-state index contributed by atoms with van der Waals surface area (Å²) in [6.45, 7) is 17.7. The van der Waals surface area contributed by atoms with Gasteiger partial charge in [0.2, 0.25) is 17.7 Å². The van der Waals surface area contributed by atoms with Gasteiger partial charge in [-0.05, 0) is 24.7 Å². The Morgan fingerprint density at radius 2 is 1.24 bits per heavy atom. The average Bonchev–Trinajstić information content (AvgIpc) is 2.88. The van der Waals surface area contributed by atoms with Gasteiger partial charge in [0, 0.05) is 50.5 Å². The molecule has 0 spiro atoms. The fourth-order valence-corrected chi connectivity index (χ4v) is 5.63. The first-order valence-corrected chi connectivity index (χ1v) is 15.3. The fourth-order valence-electron chi connectivity index (χ4n) is 5.63. The van der Waals surface area contributed by atoms with Gasteiger partial charge in [-0.1, -0.05) is 106 Å². The Kier molecular flexibility index (Phi) is 15.4. The summed E-state index contributed by atoms with van der Waals surface area (Å²) in [7, 11) is 0. The lowest BCUT2D eigenvalue weighted by Crippen LogP contribution is -2.52. The molecule has 1 aliphatic heterocycles. The molecule has 0 radical (unpaired) electrons. The van der Waals surface area contributed by atoms with Crippen molar-refractivity contribution < 1.29 is 14.4 Å². The molecule has 216 valence electrons. The van der Waals surface area contributed by atoms with Crippen LogP contribution in [0.15, 0.2) is 0 Å². The highest BCUT2D eigenvalue weighted by atomic mass is 16.2. The quantitative estimate of drug-likeness (QED) is 0.207. The molecule has 0 saturated carbocycles. The molecule has 1 saturated heterocycles. The molecule has 2 atom stereocenters. The van der Waals surface area contributed by atoms with E-state index in [1.807, 2.05) is 37.5 Å². The van der Waals surface area contributed by atoms with Crippen LogP contribution >= 0.6 is 0 Å². The van der Waals surface area contributed by atoms with E-state index >= 15 is 0 Å². The highest BCUT2D eigenvalue weighted by molar-refractivity contribution is 5.84. The van der Waals surface area contributed by atoms with Crippen LogP contribution in [0.2, 0.25) is 0 Å². The van der Waals surface area contributed by atoms with E-state index in [1.54, 1.807) is 0 Å². The number of carbonyl (C=O) groups is 3. The van der Waals surface area contributed by atoms with Crippen LogP contribution in [0.4, 0.5) is 0 Å². The minimum Gasteiger partial charge on any atom is -0.355 e. The lowest BCUT2D eigenvalue weighted by atomic mass is 9.78. The van der Waals surface area contributed by atoms with E-state index in [1.165, 1.54) is 57.8 Å². The molecule has 0 bridgehead atoms. The maximum absolute atomic E-state index is 13.3. The average molecular weight is 522 g/mol. The number of amides is 3. The number of rotatable bonds is 18. The Bertz CT molecular complexity index is 685. The number of nitrogens with one attached hydrogen (secondary N) is 1. The van der Waals surface area contributed by atoms with Gasteiger partial charge in [0.15, 0.2) is 0 Å². The van der Waals surface area contributed by atoms with E-state index in [9.17, 15) is 14.4 Å². The van der Waals surface area contributed by atoms with E-state index < -0.39 is 5.41 Å². The monoisotopic (exact) mass is 521 g/mol. The summed E-state index contributed by atoms with van der Waals surface area (Å²) in [4.78, 5) is 42.1. The normalized spacial score (nSPS) is 16.8. The summed E-state index contributed by atoms with van der Waals surface area (Å²) in [6, 6.07) is 0. The molecular formula is C31H59N3O3. The van der Waals surface area contributed by atoms with Gasteiger partial charge in [-0.3, -0.25) is 14.4 Å². The topological polar surface area (TPSA) is 69.7 Å². The molecule has 6 heteroatoms. The highest BCUT2D eigenvalue weighted by Crippen LogP contribution is 2.32. The zero-order valence-electron chi connectivity index (χ0n) is 25.4. The minimum atomic E-state index is -0.612. The van der Waals surface area contributed by atoms with Crippen molar-refractivity contribution in [2.45, 2.75) is 132 Å². The molecule has 6 nitrogen and oxygen atoms in total. The van der Waals surface area contributed by atoms with Crippen LogP contribution in [-0.2, 0) is 14.4 Å². The maximum Gasteiger partial charge on any atom is 0.225 e. The second-order valence-electron chi connectivity index (χ2n) is 12.5. The molecular weight excluding hydrogens is 462 g/mol. The second kappa shape index (κ2) is 17.1. The Labute approximate surface area is 228 Å². The predicted molar refractivity (Wildman–Crippen MR) is 154 cm³/mol. The summed E-state index contributed by atoms with van der Waals surface area (Å²) >= 11 is 0. The third-order valence-corrected chi connectivity index (χ3v) is 8.29. The molecule has 0 aromatic rings. The Balaban J connectivity index is 2.62. The maximum atomic E-state index is 13.3. The van der Waals surface area contributed by atoms with Crippen LogP contribution in [-0.4, -0.2) is 60.2 Å². The summed E-state index contributed by atoms with van der Waals surface area (Å²) < 4.78 is 0. The minimum absolute atomic E-state index is 0.0521. The molecule has 0 aromatic heterocycles. The summed E-state index contributed by atoms with van der Waals surface area (Å²) in [5, 5.41) is 3.30. The number of nitrogens with zero attached hydrogens (tertiary/aromatic N) is 2. The number of piperazine rings is 1. The van der Waals surface area contributed by atoms with E-state index in [0.29, 0.717) is 45.6 Å². The van der Waals surface area contributed by atoms with Crippen molar-refractivity contribution in [1.29, 1.82) is 0 Å². The molecule has 1 fully saturated rings. The van der Waals surface area contributed by atoms with Gasteiger partial charge in [0.1, 0.15) is 0 Å². The first-order valence-electron chi connectivity index (χ1n) is 15.3. The van der Waals surface area contributed by atoms with Gasteiger partial charge in [0.05, 0.1) is 0 Å². The molecule has 3 amide bonds. The predicted octanol–water partition coefficient (Wildman–Crippen LogP) is 6.57. The second-order valence-corrected chi connectivity index (χ2v) is 12.5. The number of unbranched alkanes of at least 4 members (excludes halogenated alkanes) is 7. The lowest BCUT2D eigenvalue weighted by molar-refractivity contribution is -0.143.